The smallest absolute Gasteiger partial charge is 0.138 e. The number of rotatable bonds is 5. The van der Waals surface area contributed by atoms with Gasteiger partial charge in [0.1, 0.15) is 17.3 Å². The van der Waals surface area contributed by atoms with Gasteiger partial charge in [-0.15, -0.1) is 0 Å². The van der Waals surface area contributed by atoms with Crippen molar-refractivity contribution in [2.24, 2.45) is 5.41 Å². The Morgan fingerprint density at radius 1 is 1.17 bits per heavy atom. The predicted octanol–water partition coefficient (Wildman–Crippen LogP) is 3.25. The van der Waals surface area contributed by atoms with Gasteiger partial charge in [-0.05, 0) is 30.2 Å². The number of Topliss-reactive ketones (excluding diaryl/α,β-unsaturated/α-hetero) is 1. The number of methoxy groups -OCH3 is 2. The first kappa shape index (κ1) is 14.6. The molecule has 0 unspecified atom stereocenters. The molecule has 0 fully saturated rings. The maximum Gasteiger partial charge on any atom is 0.138 e. The second kappa shape index (κ2) is 5.89. The number of hydrogen-bond donors (Lipinski definition) is 0. The number of benzene rings is 1. The highest BCUT2D eigenvalue weighted by atomic mass is 16.5. The summed E-state index contributed by atoms with van der Waals surface area (Å²) < 4.78 is 10.5. The van der Waals surface area contributed by atoms with Crippen molar-refractivity contribution in [2.45, 2.75) is 33.6 Å². The third-order valence-corrected chi connectivity index (χ3v) is 2.95. The minimum Gasteiger partial charge on any atom is -0.497 e. The Balaban J connectivity index is 2.80. The summed E-state index contributed by atoms with van der Waals surface area (Å²) in [4.78, 5) is 11.9. The Morgan fingerprint density at radius 3 is 2.33 bits per heavy atom. The summed E-state index contributed by atoms with van der Waals surface area (Å²) in [6.45, 7) is 5.83. The summed E-state index contributed by atoms with van der Waals surface area (Å²) in [7, 11) is 3.27. The SMILES string of the molecule is COc1ccc(OC)c(CCC(=O)C(C)(C)C)c1. The van der Waals surface area contributed by atoms with E-state index >= 15 is 0 Å². The molecule has 0 spiro atoms. The highest BCUT2D eigenvalue weighted by Gasteiger charge is 2.21. The lowest BCUT2D eigenvalue weighted by Gasteiger charge is -2.17. The fourth-order valence-electron chi connectivity index (χ4n) is 1.70. The van der Waals surface area contributed by atoms with Crippen molar-refractivity contribution in [1.29, 1.82) is 0 Å². The first-order chi connectivity index (χ1) is 8.38. The van der Waals surface area contributed by atoms with Gasteiger partial charge in [-0.1, -0.05) is 20.8 Å². The molecule has 0 radical (unpaired) electrons. The van der Waals surface area contributed by atoms with Crippen LogP contribution in [0.5, 0.6) is 11.5 Å². The van der Waals surface area contributed by atoms with Crippen LogP contribution in [0.3, 0.4) is 0 Å². The monoisotopic (exact) mass is 250 g/mol. The second-order valence-electron chi connectivity index (χ2n) is 5.35. The molecule has 0 amide bonds. The molecule has 3 nitrogen and oxygen atoms in total. The third kappa shape index (κ3) is 3.76. The normalized spacial score (nSPS) is 11.2. The number of hydrogen-bond acceptors (Lipinski definition) is 3. The molecular formula is C15H22O3. The van der Waals surface area contributed by atoms with E-state index in [-0.39, 0.29) is 11.2 Å². The van der Waals surface area contributed by atoms with Crippen LogP contribution in [-0.4, -0.2) is 20.0 Å². The van der Waals surface area contributed by atoms with E-state index in [0.717, 1.165) is 17.1 Å². The molecule has 0 aliphatic carbocycles. The fourth-order valence-corrected chi connectivity index (χ4v) is 1.70. The summed E-state index contributed by atoms with van der Waals surface area (Å²) in [5, 5.41) is 0. The Hall–Kier alpha value is -1.51. The highest BCUT2D eigenvalue weighted by molar-refractivity contribution is 5.83. The highest BCUT2D eigenvalue weighted by Crippen LogP contribution is 2.26. The quantitative estimate of drug-likeness (QED) is 0.804. The van der Waals surface area contributed by atoms with Crippen LogP contribution in [0, 0.1) is 5.41 Å². The van der Waals surface area contributed by atoms with Crippen LogP contribution in [0.1, 0.15) is 32.8 Å². The van der Waals surface area contributed by atoms with Crippen molar-refractivity contribution in [3.63, 3.8) is 0 Å². The summed E-state index contributed by atoms with van der Waals surface area (Å²) in [6, 6.07) is 5.65. The molecule has 0 aliphatic rings. The van der Waals surface area contributed by atoms with Crippen LogP contribution >= 0.6 is 0 Å². The standard InChI is InChI=1S/C15H22O3/c1-15(2,3)14(16)9-6-11-10-12(17-4)7-8-13(11)18-5/h7-8,10H,6,9H2,1-5H3. The van der Waals surface area contributed by atoms with E-state index in [0.29, 0.717) is 12.8 Å². The molecule has 0 aliphatic heterocycles. The molecule has 100 valence electrons. The van der Waals surface area contributed by atoms with Gasteiger partial charge in [-0.25, -0.2) is 0 Å². The lowest BCUT2D eigenvalue weighted by atomic mass is 9.87. The lowest BCUT2D eigenvalue weighted by Crippen LogP contribution is -2.20. The van der Waals surface area contributed by atoms with Crippen molar-refractivity contribution in [2.75, 3.05) is 14.2 Å². The number of carbonyl (C=O) groups is 1. The molecule has 0 N–H and O–H groups in total. The Morgan fingerprint density at radius 2 is 1.83 bits per heavy atom. The number of ketones is 1. The number of ether oxygens (including phenoxy) is 2. The minimum atomic E-state index is -0.286. The van der Waals surface area contributed by atoms with Gasteiger partial charge in [0, 0.05) is 11.8 Å². The summed E-state index contributed by atoms with van der Waals surface area (Å²) in [6.07, 6.45) is 1.20. The third-order valence-electron chi connectivity index (χ3n) is 2.95. The van der Waals surface area contributed by atoms with Crippen LogP contribution in [0.25, 0.3) is 0 Å². The van der Waals surface area contributed by atoms with Gasteiger partial charge in [-0.3, -0.25) is 4.79 Å². The van der Waals surface area contributed by atoms with Gasteiger partial charge in [0.25, 0.3) is 0 Å². The molecule has 1 aromatic rings. The molecule has 18 heavy (non-hydrogen) atoms. The molecule has 0 atom stereocenters. The largest absolute Gasteiger partial charge is 0.497 e. The van der Waals surface area contributed by atoms with Crippen molar-refractivity contribution in [1.82, 2.24) is 0 Å². The molecule has 0 aromatic heterocycles. The van der Waals surface area contributed by atoms with Crippen LogP contribution in [-0.2, 0) is 11.2 Å². The summed E-state index contributed by atoms with van der Waals surface area (Å²) in [5.74, 6) is 1.85. The van der Waals surface area contributed by atoms with Gasteiger partial charge in [0.15, 0.2) is 0 Å². The van der Waals surface area contributed by atoms with Crippen molar-refractivity contribution >= 4 is 5.78 Å². The van der Waals surface area contributed by atoms with E-state index in [2.05, 4.69) is 0 Å². The van der Waals surface area contributed by atoms with E-state index in [1.807, 2.05) is 39.0 Å². The van der Waals surface area contributed by atoms with Gasteiger partial charge in [-0.2, -0.15) is 0 Å². The summed E-state index contributed by atoms with van der Waals surface area (Å²) >= 11 is 0. The van der Waals surface area contributed by atoms with Crippen LogP contribution in [0.2, 0.25) is 0 Å². The van der Waals surface area contributed by atoms with Crippen LogP contribution < -0.4 is 9.47 Å². The molecule has 0 heterocycles. The zero-order valence-corrected chi connectivity index (χ0v) is 11.9. The van der Waals surface area contributed by atoms with Gasteiger partial charge in [0.05, 0.1) is 14.2 Å². The molecular weight excluding hydrogens is 228 g/mol. The lowest BCUT2D eigenvalue weighted by molar-refractivity contribution is -0.126. The molecule has 1 aromatic carbocycles. The second-order valence-corrected chi connectivity index (χ2v) is 5.35. The van der Waals surface area contributed by atoms with E-state index < -0.39 is 0 Å². The number of aryl methyl sites for hydroxylation is 1. The predicted molar refractivity (Wildman–Crippen MR) is 72.3 cm³/mol. The zero-order valence-electron chi connectivity index (χ0n) is 11.9. The molecule has 0 saturated heterocycles. The van der Waals surface area contributed by atoms with Gasteiger partial charge >= 0.3 is 0 Å². The van der Waals surface area contributed by atoms with E-state index in [1.54, 1.807) is 14.2 Å². The Bertz CT molecular complexity index is 416. The maximum atomic E-state index is 11.9. The fraction of sp³-hybridized carbons (Fsp3) is 0.533. The average Bonchev–Trinajstić information content (AvgIpc) is 2.34. The first-order valence-electron chi connectivity index (χ1n) is 6.12. The molecule has 0 bridgehead atoms. The van der Waals surface area contributed by atoms with E-state index in [4.69, 9.17) is 9.47 Å². The van der Waals surface area contributed by atoms with Crippen LogP contribution in [0.15, 0.2) is 18.2 Å². The van der Waals surface area contributed by atoms with Gasteiger partial charge in [0.2, 0.25) is 0 Å². The Kier molecular flexibility index (Phi) is 4.76. The molecule has 3 heteroatoms. The first-order valence-corrected chi connectivity index (χ1v) is 6.12. The van der Waals surface area contributed by atoms with Crippen LogP contribution in [0.4, 0.5) is 0 Å². The van der Waals surface area contributed by atoms with Gasteiger partial charge < -0.3 is 9.47 Å². The Labute approximate surface area is 109 Å². The number of carbonyl (C=O) groups excluding carboxylic acids is 1. The van der Waals surface area contributed by atoms with Crippen molar-refractivity contribution in [3.8, 4) is 11.5 Å². The topological polar surface area (TPSA) is 35.5 Å². The molecule has 1 rings (SSSR count). The zero-order chi connectivity index (χ0) is 13.8. The van der Waals surface area contributed by atoms with E-state index in [9.17, 15) is 4.79 Å². The average molecular weight is 250 g/mol. The van der Waals surface area contributed by atoms with Crippen molar-refractivity contribution in [3.05, 3.63) is 23.8 Å². The summed E-state index contributed by atoms with van der Waals surface area (Å²) in [5.41, 5.74) is 0.723. The molecule has 0 saturated carbocycles. The van der Waals surface area contributed by atoms with E-state index in [1.165, 1.54) is 0 Å². The van der Waals surface area contributed by atoms with Crippen molar-refractivity contribution < 1.29 is 14.3 Å². The minimum absolute atomic E-state index is 0.257. The maximum absolute atomic E-state index is 11.9.